The van der Waals surface area contributed by atoms with Gasteiger partial charge in [0.25, 0.3) is 0 Å². The summed E-state index contributed by atoms with van der Waals surface area (Å²) in [7, 11) is 1.98. The standard InChI is InChI=1S/C12H24N4/c1-5-8-10-11(13)12(15(4)14-10)16(7-3)9-6-2/h5-9,13H2,1-4H3. The highest BCUT2D eigenvalue weighted by Crippen LogP contribution is 2.26. The SMILES string of the molecule is CCCc1nn(C)c(N(CC)CCC)c1N. The first kappa shape index (κ1) is 12.9. The Hall–Kier alpha value is -1.19. The minimum Gasteiger partial charge on any atom is -0.394 e. The molecule has 1 heterocycles. The van der Waals surface area contributed by atoms with Crippen molar-refractivity contribution in [1.29, 1.82) is 0 Å². The minimum atomic E-state index is 0.861. The highest BCUT2D eigenvalue weighted by Gasteiger charge is 2.16. The summed E-state index contributed by atoms with van der Waals surface area (Å²) >= 11 is 0. The molecule has 0 saturated heterocycles. The summed E-state index contributed by atoms with van der Waals surface area (Å²) in [5, 5.41) is 4.50. The molecule has 0 aromatic carbocycles. The normalized spacial score (nSPS) is 10.8. The molecule has 92 valence electrons. The lowest BCUT2D eigenvalue weighted by atomic mass is 10.2. The molecule has 1 aromatic heterocycles. The predicted octanol–water partition coefficient (Wildman–Crippen LogP) is 2.19. The van der Waals surface area contributed by atoms with Crippen molar-refractivity contribution in [3.05, 3.63) is 5.69 Å². The Bertz CT molecular complexity index is 330. The number of anilines is 2. The lowest BCUT2D eigenvalue weighted by molar-refractivity contribution is 0.690. The molecule has 0 unspecified atom stereocenters. The van der Waals surface area contributed by atoms with Gasteiger partial charge in [-0.1, -0.05) is 20.3 Å². The average molecular weight is 224 g/mol. The van der Waals surface area contributed by atoms with Crippen LogP contribution in [0.2, 0.25) is 0 Å². The van der Waals surface area contributed by atoms with Crippen molar-refractivity contribution >= 4 is 11.5 Å². The fourth-order valence-corrected chi connectivity index (χ4v) is 2.07. The molecule has 0 saturated carbocycles. The number of hydrogen-bond donors (Lipinski definition) is 1. The number of hydrogen-bond acceptors (Lipinski definition) is 3. The maximum absolute atomic E-state index is 6.17. The molecule has 1 aromatic rings. The molecule has 16 heavy (non-hydrogen) atoms. The largest absolute Gasteiger partial charge is 0.394 e. The predicted molar refractivity (Wildman–Crippen MR) is 69.8 cm³/mol. The number of nitrogens with zero attached hydrogens (tertiary/aromatic N) is 3. The molecule has 0 bridgehead atoms. The van der Waals surface area contributed by atoms with Crippen molar-refractivity contribution in [3.63, 3.8) is 0 Å². The van der Waals surface area contributed by atoms with Crippen LogP contribution in [0, 0.1) is 0 Å². The highest BCUT2D eigenvalue weighted by atomic mass is 15.4. The van der Waals surface area contributed by atoms with Crippen LogP contribution in [-0.4, -0.2) is 22.9 Å². The van der Waals surface area contributed by atoms with Gasteiger partial charge in [-0.2, -0.15) is 5.10 Å². The van der Waals surface area contributed by atoms with Crippen molar-refractivity contribution in [3.8, 4) is 0 Å². The Balaban J connectivity index is 3.01. The van der Waals surface area contributed by atoms with Gasteiger partial charge in [0.15, 0.2) is 0 Å². The molecule has 0 fully saturated rings. The summed E-state index contributed by atoms with van der Waals surface area (Å²) in [5.74, 6) is 1.08. The first-order valence-electron chi connectivity index (χ1n) is 6.21. The van der Waals surface area contributed by atoms with Crippen LogP contribution in [0.3, 0.4) is 0 Å². The molecular weight excluding hydrogens is 200 g/mol. The Morgan fingerprint density at radius 3 is 2.44 bits per heavy atom. The third kappa shape index (κ3) is 2.49. The maximum atomic E-state index is 6.17. The Labute approximate surface area is 98.4 Å². The fourth-order valence-electron chi connectivity index (χ4n) is 2.07. The van der Waals surface area contributed by atoms with E-state index < -0.39 is 0 Å². The van der Waals surface area contributed by atoms with Gasteiger partial charge in [0.2, 0.25) is 0 Å². The summed E-state index contributed by atoms with van der Waals surface area (Å²) in [4.78, 5) is 2.29. The van der Waals surface area contributed by atoms with Gasteiger partial charge in [0.05, 0.1) is 11.4 Å². The summed E-state index contributed by atoms with van der Waals surface area (Å²) in [6.07, 6.45) is 3.17. The molecule has 0 radical (unpaired) electrons. The van der Waals surface area contributed by atoms with E-state index in [4.69, 9.17) is 5.73 Å². The van der Waals surface area contributed by atoms with Crippen molar-refractivity contribution < 1.29 is 0 Å². The summed E-state index contributed by atoms with van der Waals surface area (Å²) in [5.41, 5.74) is 8.07. The van der Waals surface area contributed by atoms with Crippen LogP contribution < -0.4 is 10.6 Å². The van der Waals surface area contributed by atoms with Crippen molar-refractivity contribution in [1.82, 2.24) is 9.78 Å². The van der Waals surface area contributed by atoms with E-state index in [-0.39, 0.29) is 0 Å². The zero-order valence-corrected chi connectivity index (χ0v) is 11.0. The van der Waals surface area contributed by atoms with Crippen LogP contribution in [0.1, 0.15) is 39.3 Å². The zero-order chi connectivity index (χ0) is 12.1. The third-order valence-corrected chi connectivity index (χ3v) is 2.79. The number of aromatic nitrogens is 2. The molecular formula is C12H24N4. The van der Waals surface area contributed by atoms with Crippen molar-refractivity contribution in [2.45, 2.75) is 40.0 Å². The number of rotatable bonds is 6. The molecule has 4 heteroatoms. The molecule has 0 amide bonds. The molecule has 0 aliphatic rings. The second-order valence-corrected chi connectivity index (χ2v) is 4.14. The van der Waals surface area contributed by atoms with Crippen LogP contribution in [0.15, 0.2) is 0 Å². The average Bonchev–Trinajstić information content (AvgIpc) is 2.53. The number of nitrogen functional groups attached to an aromatic ring is 1. The molecule has 4 nitrogen and oxygen atoms in total. The molecule has 0 spiro atoms. The van der Waals surface area contributed by atoms with E-state index in [1.54, 1.807) is 0 Å². The molecule has 0 atom stereocenters. The van der Waals surface area contributed by atoms with Crippen molar-refractivity contribution in [2.24, 2.45) is 7.05 Å². The van der Waals surface area contributed by atoms with Crippen LogP contribution >= 0.6 is 0 Å². The topological polar surface area (TPSA) is 47.1 Å². The van der Waals surface area contributed by atoms with Gasteiger partial charge in [-0.25, -0.2) is 0 Å². The zero-order valence-electron chi connectivity index (χ0n) is 11.0. The van der Waals surface area contributed by atoms with E-state index in [2.05, 4.69) is 30.8 Å². The van der Waals surface area contributed by atoms with Gasteiger partial charge in [-0.05, 0) is 19.8 Å². The maximum Gasteiger partial charge on any atom is 0.150 e. The quantitative estimate of drug-likeness (QED) is 0.805. The Morgan fingerprint density at radius 1 is 1.25 bits per heavy atom. The van der Waals surface area contributed by atoms with Crippen LogP contribution in [0.5, 0.6) is 0 Å². The Morgan fingerprint density at radius 2 is 1.94 bits per heavy atom. The second kappa shape index (κ2) is 5.77. The first-order valence-corrected chi connectivity index (χ1v) is 6.21. The molecule has 0 aliphatic heterocycles. The monoisotopic (exact) mass is 224 g/mol. The minimum absolute atomic E-state index is 0.861. The number of aryl methyl sites for hydroxylation is 2. The number of nitrogens with two attached hydrogens (primary N) is 1. The van der Waals surface area contributed by atoms with Gasteiger partial charge in [-0.3, -0.25) is 4.68 Å². The van der Waals surface area contributed by atoms with E-state index in [0.29, 0.717) is 0 Å². The van der Waals surface area contributed by atoms with Crippen LogP contribution in [0.4, 0.5) is 11.5 Å². The molecule has 0 aliphatic carbocycles. The van der Waals surface area contributed by atoms with Crippen LogP contribution in [0.25, 0.3) is 0 Å². The molecule has 2 N–H and O–H groups in total. The van der Waals surface area contributed by atoms with Crippen LogP contribution in [-0.2, 0) is 13.5 Å². The smallest absolute Gasteiger partial charge is 0.150 e. The summed E-state index contributed by atoms with van der Waals surface area (Å²) in [6.45, 7) is 8.50. The lowest BCUT2D eigenvalue weighted by Crippen LogP contribution is -2.26. The first-order chi connectivity index (χ1) is 7.65. The summed E-state index contributed by atoms with van der Waals surface area (Å²) in [6, 6.07) is 0. The van der Waals surface area contributed by atoms with Gasteiger partial charge in [-0.15, -0.1) is 0 Å². The van der Waals surface area contributed by atoms with E-state index in [0.717, 1.165) is 49.6 Å². The van der Waals surface area contributed by atoms with E-state index >= 15 is 0 Å². The third-order valence-electron chi connectivity index (χ3n) is 2.79. The molecule has 1 rings (SSSR count). The highest BCUT2D eigenvalue weighted by molar-refractivity contribution is 5.66. The summed E-state index contributed by atoms with van der Waals surface area (Å²) < 4.78 is 1.92. The lowest BCUT2D eigenvalue weighted by Gasteiger charge is -2.22. The van der Waals surface area contributed by atoms with Gasteiger partial charge >= 0.3 is 0 Å². The van der Waals surface area contributed by atoms with Gasteiger partial charge < -0.3 is 10.6 Å². The fraction of sp³-hybridized carbons (Fsp3) is 0.750. The van der Waals surface area contributed by atoms with Gasteiger partial charge in [0, 0.05) is 20.1 Å². The van der Waals surface area contributed by atoms with Crippen molar-refractivity contribution in [2.75, 3.05) is 23.7 Å². The van der Waals surface area contributed by atoms with Gasteiger partial charge in [0.1, 0.15) is 5.82 Å². The Kier molecular flexibility index (Phi) is 4.65. The van der Waals surface area contributed by atoms with E-state index in [9.17, 15) is 0 Å². The van der Waals surface area contributed by atoms with E-state index in [1.165, 1.54) is 0 Å². The van der Waals surface area contributed by atoms with E-state index in [1.807, 2.05) is 11.7 Å². The second-order valence-electron chi connectivity index (χ2n) is 4.14.